The fraction of sp³-hybridized carbons (Fsp3) is 0.118. The summed E-state index contributed by atoms with van der Waals surface area (Å²) in [5, 5.41) is 8.97. The number of hydrogen-bond acceptors (Lipinski definition) is 3. The number of benzene rings is 2. The van der Waals surface area contributed by atoms with Crippen molar-refractivity contribution in [1.82, 2.24) is 20.1 Å². The van der Waals surface area contributed by atoms with Crippen molar-refractivity contribution in [1.29, 1.82) is 0 Å². The molecule has 2 aromatic carbocycles. The van der Waals surface area contributed by atoms with Crippen molar-refractivity contribution in [2.45, 2.75) is 12.7 Å². The molecule has 10 heteroatoms. The Labute approximate surface area is 155 Å². The van der Waals surface area contributed by atoms with Crippen molar-refractivity contribution in [3.05, 3.63) is 76.1 Å². The Kier molecular flexibility index (Phi) is 5.08. The Morgan fingerprint density at radius 1 is 1.19 bits per heavy atom. The number of alkyl halides is 3. The summed E-state index contributed by atoms with van der Waals surface area (Å²) in [6.07, 6.45) is -4.51. The average molecular weight is 396 g/mol. The second kappa shape index (κ2) is 7.31. The molecule has 1 aromatic heterocycles. The van der Waals surface area contributed by atoms with E-state index in [0.29, 0.717) is 0 Å². The van der Waals surface area contributed by atoms with Gasteiger partial charge in [-0.2, -0.15) is 18.3 Å². The third-order valence-corrected chi connectivity index (χ3v) is 3.94. The Morgan fingerprint density at radius 3 is 2.63 bits per heavy atom. The summed E-state index contributed by atoms with van der Waals surface area (Å²) >= 11 is 5.08. The molecule has 3 aromatic rings. The quantitative estimate of drug-likeness (QED) is 0.517. The number of carbonyl (C=O) groups excluding carboxylic acids is 1. The van der Waals surface area contributed by atoms with Gasteiger partial charge < -0.3 is 5.32 Å². The zero-order valence-corrected chi connectivity index (χ0v) is 14.4. The summed E-state index contributed by atoms with van der Waals surface area (Å²) in [5.41, 5.74) is -0.578. The minimum Gasteiger partial charge on any atom is -0.345 e. The van der Waals surface area contributed by atoms with E-state index in [1.165, 1.54) is 34.9 Å². The molecule has 0 saturated heterocycles. The molecule has 5 nitrogen and oxygen atoms in total. The SMILES string of the molecule is O=C(NCc1n[nH]c(=S)n1-c1cccc(C(F)(F)F)c1)c1cccc(F)c1. The van der Waals surface area contributed by atoms with E-state index in [1.807, 2.05) is 0 Å². The third-order valence-electron chi connectivity index (χ3n) is 3.67. The van der Waals surface area contributed by atoms with E-state index in [0.717, 1.165) is 18.2 Å². The normalized spacial score (nSPS) is 11.4. The largest absolute Gasteiger partial charge is 0.416 e. The van der Waals surface area contributed by atoms with Gasteiger partial charge >= 0.3 is 6.18 Å². The predicted octanol–water partition coefficient (Wildman–Crippen LogP) is 4.02. The molecule has 27 heavy (non-hydrogen) atoms. The first-order valence-electron chi connectivity index (χ1n) is 7.63. The van der Waals surface area contributed by atoms with Crippen LogP contribution in [0, 0.1) is 10.6 Å². The lowest BCUT2D eigenvalue weighted by molar-refractivity contribution is -0.137. The van der Waals surface area contributed by atoms with Crippen LogP contribution in [0.4, 0.5) is 17.6 Å². The number of nitrogens with zero attached hydrogens (tertiary/aromatic N) is 2. The van der Waals surface area contributed by atoms with Crippen LogP contribution in [0.5, 0.6) is 0 Å². The zero-order chi connectivity index (χ0) is 19.6. The van der Waals surface area contributed by atoms with Crippen molar-refractivity contribution >= 4 is 18.1 Å². The van der Waals surface area contributed by atoms with Gasteiger partial charge in [0.2, 0.25) is 0 Å². The van der Waals surface area contributed by atoms with Crippen LogP contribution in [0.15, 0.2) is 48.5 Å². The minimum absolute atomic E-state index is 0.0735. The standard InChI is InChI=1S/C17H12F4N4OS/c18-12-5-1-3-10(7-12)15(26)22-9-14-23-24-16(27)25(14)13-6-2-4-11(8-13)17(19,20)21/h1-8H,9H2,(H,22,26)(H,24,27). The summed E-state index contributed by atoms with van der Waals surface area (Å²) in [5.74, 6) is -0.919. The number of halogens is 4. The van der Waals surface area contributed by atoms with Gasteiger partial charge in [-0.1, -0.05) is 12.1 Å². The summed E-state index contributed by atoms with van der Waals surface area (Å²) < 4.78 is 53.4. The van der Waals surface area contributed by atoms with Gasteiger partial charge in [0.25, 0.3) is 5.91 Å². The third kappa shape index (κ3) is 4.22. The first-order valence-corrected chi connectivity index (χ1v) is 8.04. The summed E-state index contributed by atoms with van der Waals surface area (Å²) in [4.78, 5) is 12.1. The highest BCUT2D eigenvalue weighted by Crippen LogP contribution is 2.30. The topological polar surface area (TPSA) is 62.7 Å². The fourth-order valence-corrected chi connectivity index (χ4v) is 2.68. The van der Waals surface area contributed by atoms with Crippen molar-refractivity contribution in [2.75, 3.05) is 0 Å². The molecule has 1 amide bonds. The molecule has 3 rings (SSSR count). The lowest BCUT2D eigenvalue weighted by atomic mass is 10.2. The molecule has 0 aliphatic carbocycles. The molecule has 0 saturated carbocycles. The second-order valence-corrected chi connectivity index (χ2v) is 5.91. The first kappa shape index (κ1) is 18.8. The molecule has 0 fully saturated rings. The van der Waals surface area contributed by atoms with Crippen LogP contribution in [0.2, 0.25) is 0 Å². The van der Waals surface area contributed by atoms with E-state index in [1.54, 1.807) is 0 Å². The van der Waals surface area contributed by atoms with Crippen LogP contribution < -0.4 is 5.32 Å². The molecular weight excluding hydrogens is 384 g/mol. The molecular formula is C17H12F4N4OS. The molecule has 0 bridgehead atoms. The Hall–Kier alpha value is -3.01. The second-order valence-electron chi connectivity index (χ2n) is 5.52. The maximum Gasteiger partial charge on any atom is 0.416 e. The van der Waals surface area contributed by atoms with Crippen molar-refractivity contribution < 1.29 is 22.4 Å². The van der Waals surface area contributed by atoms with E-state index in [4.69, 9.17) is 12.2 Å². The number of aromatic nitrogens is 3. The van der Waals surface area contributed by atoms with Crippen molar-refractivity contribution in [2.24, 2.45) is 0 Å². The van der Waals surface area contributed by atoms with Crippen LogP contribution in [0.3, 0.4) is 0 Å². The summed E-state index contributed by atoms with van der Waals surface area (Å²) in [6, 6.07) is 9.67. The number of carbonyl (C=O) groups is 1. The molecule has 0 unspecified atom stereocenters. The number of aromatic amines is 1. The van der Waals surface area contributed by atoms with Gasteiger partial charge in [-0.15, -0.1) is 0 Å². The average Bonchev–Trinajstić information content (AvgIpc) is 2.99. The van der Waals surface area contributed by atoms with Gasteiger partial charge in [0, 0.05) is 5.56 Å². The zero-order valence-electron chi connectivity index (χ0n) is 13.5. The van der Waals surface area contributed by atoms with Crippen LogP contribution in [-0.4, -0.2) is 20.7 Å². The molecule has 0 aliphatic heterocycles. The monoisotopic (exact) mass is 396 g/mol. The minimum atomic E-state index is -4.51. The highest BCUT2D eigenvalue weighted by molar-refractivity contribution is 7.71. The summed E-state index contributed by atoms with van der Waals surface area (Å²) in [6.45, 7) is -0.126. The fourth-order valence-electron chi connectivity index (χ4n) is 2.43. The van der Waals surface area contributed by atoms with Gasteiger partial charge in [0.05, 0.1) is 17.8 Å². The van der Waals surface area contributed by atoms with Crippen molar-refractivity contribution in [3.63, 3.8) is 0 Å². The lowest BCUT2D eigenvalue weighted by Gasteiger charge is -2.11. The molecule has 0 aliphatic rings. The molecule has 1 heterocycles. The molecule has 0 atom stereocenters. The molecule has 0 radical (unpaired) electrons. The maximum atomic E-state index is 13.2. The van der Waals surface area contributed by atoms with Crippen LogP contribution in [0.25, 0.3) is 5.69 Å². The smallest absolute Gasteiger partial charge is 0.345 e. The highest BCUT2D eigenvalue weighted by atomic mass is 32.1. The lowest BCUT2D eigenvalue weighted by Crippen LogP contribution is -2.24. The maximum absolute atomic E-state index is 13.2. The van der Waals surface area contributed by atoms with Gasteiger partial charge in [0.1, 0.15) is 5.82 Å². The number of H-pyrrole nitrogens is 1. The number of amides is 1. The van der Waals surface area contributed by atoms with E-state index in [-0.39, 0.29) is 28.4 Å². The molecule has 140 valence electrons. The Bertz CT molecular complexity index is 1040. The number of nitrogens with one attached hydrogen (secondary N) is 2. The van der Waals surface area contributed by atoms with Gasteiger partial charge in [-0.05, 0) is 48.6 Å². The van der Waals surface area contributed by atoms with Crippen LogP contribution in [-0.2, 0) is 12.7 Å². The Morgan fingerprint density at radius 2 is 1.93 bits per heavy atom. The Balaban J connectivity index is 1.86. The van der Waals surface area contributed by atoms with Crippen LogP contribution in [0.1, 0.15) is 21.7 Å². The van der Waals surface area contributed by atoms with Gasteiger partial charge in [-0.3, -0.25) is 14.5 Å². The van der Waals surface area contributed by atoms with E-state index in [9.17, 15) is 22.4 Å². The number of hydrogen-bond donors (Lipinski definition) is 2. The first-order chi connectivity index (χ1) is 12.8. The predicted molar refractivity (Wildman–Crippen MR) is 91.3 cm³/mol. The van der Waals surface area contributed by atoms with E-state index in [2.05, 4.69) is 15.5 Å². The summed E-state index contributed by atoms with van der Waals surface area (Å²) in [7, 11) is 0. The van der Waals surface area contributed by atoms with Crippen LogP contribution >= 0.6 is 12.2 Å². The van der Waals surface area contributed by atoms with E-state index >= 15 is 0 Å². The van der Waals surface area contributed by atoms with Gasteiger partial charge in [0.15, 0.2) is 10.6 Å². The molecule has 0 spiro atoms. The van der Waals surface area contributed by atoms with Gasteiger partial charge in [-0.25, -0.2) is 4.39 Å². The van der Waals surface area contributed by atoms with E-state index < -0.39 is 23.5 Å². The highest BCUT2D eigenvalue weighted by Gasteiger charge is 2.30. The molecule has 2 N–H and O–H groups in total. The van der Waals surface area contributed by atoms with Crippen molar-refractivity contribution in [3.8, 4) is 5.69 Å². The number of rotatable bonds is 4.